The SMILES string of the molecule is C#CC(=O)N1CCC(n2c(-c3ccco3)nc3cccnc32)C1. The van der Waals surface area contributed by atoms with E-state index in [9.17, 15) is 4.79 Å². The molecule has 1 saturated heterocycles. The number of terminal acetylenes is 1. The maximum Gasteiger partial charge on any atom is 0.298 e. The summed E-state index contributed by atoms with van der Waals surface area (Å²) in [4.78, 5) is 22.5. The second-order valence-electron chi connectivity index (χ2n) is 5.47. The maximum atomic E-state index is 11.7. The van der Waals surface area contributed by atoms with Gasteiger partial charge in [-0.3, -0.25) is 4.79 Å². The Morgan fingerprint density at radius 3 is 3.09 bits per heavy atom. The Morgan fingerprint density at radius 1 is 1.39 bits per heavy atom. The number of carbonyl (C=O) groups excluding carboxylic acids is 1. The zero-order valence-corrected chi connectivity index (χ0v) is 12.3. The number of fused-ring (bicyclic) bond motifs is 1. The van der Waals surface area contributed by atoms with Gasteiger partial charge in [-0.2, -0.15) is 0 Å². The van der Waals surface area contributed by atoms with Crippen LogP contribution in [-0.4, -0.2) is 38.4 Å². The van der Waals surface area contributed by atoms with E-state index in [1.807, 2.05) is 24.3 Å². The minimum Gasteiger partial charge on any atom is -0.461 e. The average Bonchev–Trinajstić information content (AvgIpc) is 3.30. The summed E-state index contributed by atoms with van der Waals surface area (Å²) in [5, 5.41) is 0. The molecule has 0 N–H and O–H groups in total. The first-order valence-corrected chi connectivity index (χ1v) is 7.40. The van der Waals surface area contributed by atoms with Gasteiger partial charge in [0.2, 0.25) is 0 Å². The van der Waals surface area contributed by atoms with Crippen molar-refractivity contribution in [1.82, 2.24) is 19.4 Å². The predicted octanol–water partition coefficient (Wildman–Crippen LogP) is 2.10. The molecule has 0 spiro atoms. The van der Waals surface area contributed by atoms with Gasteiger partial charge in [0.05, 0.1) is 12.3 Å². The molecule has 0 aliphatic carbocycles. The van der Waals surface area contributed by atoms with Crippen LogP contribution >= 0.6 is 0 Å². The summed E-state index contributed by atoms with van der Waals surface area (Å²) in [6.07, 6.45) is 9.40. The molecule has 3 aromatic rings. The number of rotatable bonds is 2. The predicted molar refractivity (Wildman–Crippen MR) is 84.3 cm³/mol. The highest BCUT2D eigenvalue weighted by Crippen LogP contribution is 2.32. The Kier molecular flexibility index (Phi) is 3.12. The fourth-order valence-electron chi connectivity index (χ4n) is 3.08. The summed E-state index contributed by atoms with van der Waals surface area (Å²) in [7, 11) is 0. The number of likely N-dealkylation sites (tertiary alicyclic amines) is 1. The second-order valence-corrected chi connectivity index (χ2v) is 5.47. The van der Waals surface area contributed by atoms with Crippen LogP contribution in [0.15, 0.2) is 41.1 Å². The van der Waals surface area contributed by atoms with Crippen LogP contribution in [0.3, 0.4) is 0 Å². The first kappa shape index (κ1) is 13.6. The van der Waals surface area contributed by atoms with Crippen molar-refractivity contribution in [2.24, 2.45) is 0 Å². The van der Waals surface area contributed by atoms with Crippen molar-refractivity contribution in [1.29, 1.82) is 0 Å². The molecule has 4 heterocycles. The molecule has 4 rings (SSSR count). The van der Waals surface area contributed by atoms with E-state index in [0.29, 0.717) is 18.8 Å². The molecular formula is C17H14N4O2. The van der Waals surface area contributed by atoms with Crippen molar-refractivity contribution in [3.05, 3.63) is 36.7 Å². The number of amides is 1. The Balaban J connectivity index is 1.81. The molecular weight excluding hydrogens is 292 g/mol. The van der Waals surface area contributed by atoms with Gasteiger partial charge >= 0.3 is 0 Å². The van der Waals surface area contributed by atoms with Crippen LogP contribution in [0.1, 0.15) is 12.5 Å². The zero-order valence-electron chi connectivity index (χ0n) is 12.3. The molecule has 6 nitrogen and oxygen atoms in total. The third-order valence-electron chi connectivity index (χ3n) is 4.13. The van der Waals surface area contributed by atoms with Crippen LogP contribution in [0.2, 0.25) is 0 Å². The lowest BCUT2D eigenvalue weighted by molar-refractivity contribution is -0.124. The van der Waals surface area contributed by atoms with Gasteiger partial charge in [-0.25, -0.2) is 9.97 Å². The van der Waals surface area contributed by atoms with E-state index in [0.717, 1.165) is 23.4 Å². The average molecular weight is 306 g/mol. The van der Waals surface area contributed by atoms with Gasteiger partial charge in [-0.1, -0.05) is 0 Å². The summed E-state index contributed by atoms with van der Waals surface area (Å²) in [6, 6.07) is 7.55. The molecule has 1 atom stereocenters. The first-order chi connectivity index (χ1) is 11.3. The van der Waals surface area contributed by atoms with Gasteiger partial charge in [-0.15, -0.1) is 6.42 Å². The van der Waals surface area contributed by atoms with Gasteiger partial charge in [0.15, 0.2) is 17.2 Å². The molecule has 3 aromatic heterocycles. The molecule has 0 radical (unpaired) electrons. The topological polar surface area (TPSA) is 64.2 Å². The van der Waals surface area contributed by atoms with Crippen molar-refractivity contribution < 1.29 is 9.21 Å². The van der Waals surface area contributed by atoms with E-state index < -0.39 is 0 Å². The van der Waals surface area contributed by atoms with E-state index in [2.05, 4.69) is 20.5 Å². The van der Waals surface area contributed by atoms with E-state index in [-0.39, 0.29) is 11.9 Å². The molecule has 114 valence electrons. The number of hydrogen-bond acceptors (Lipinski definition) is 4. The smallest absolute Gasteiger partial charge is 0.298 e. The number of imidazole rings is 1. The molecule has 0 bridgehead atoms. The van der Waals surface area contributed by atoms with Crippen molar-refractivity contribution in [2.75, 3.05) is 13.1 Å². The van der Waals surface area contributed by atoms with Crippen molar-refractivity contribution >= 4 is 17.1 Å². The van der Waals surface area contributed by atoms with Gasteiger partial charge in [0.1, 0.15) is 5.52 Å². The highest BCUT2D eigenvalue weighted by Gasteiger charge is 2.30. The van der Waals surface area contributed by atoms with Crippen LogP contribution in [0.25, 0.3) is 22.7 Å². The molecule has 6 heteroatoms. The molecule has 0 aromatic carbocycles. The lowest BCUT2D eigenvalue weighted by Gasteiger charge is -2.16. The van der Waals surface area contributed by atoms with Gasteiger partial charge in [0.25, 0.3) is 5.91 Å². The quantitative estimate of drug-likeness (QED) is 0.680. The fraction of sp³-hybridized carbons (Fsp3) is 0.235. The second kappa shape index (κ2) is 5.29. The lowest BCUT2D eigenvalue weighted by Crippen LogP contribution is -2.27. The monoisotopic (exact) mass is 306 g/mol. The van der Waals surface area contributed by atoms with Gasteiger partial charge in [0, 0.05) is 19.3 Å². The highest BCUT2D eigenvalue weighted by molar-refractivity contribution is 5.93. The summed E-state index contributed by atoms with van der Waals surface area (Å²) < 4.78 is 7.57. The van der Waals surface area contributed by atoms with Crippen LogP contribution in [0.5, 0.6) is 0 Å². The Labute approximate surface area is 132 Å². The number of aromatic nitrogens is 3. The maximum absolute atomic E-state index is 11.7. The van der Waals surface area contributed by atoms with Gasteiger partial charge < -0.3 is 13.9 Å². The van der Waals surface area contributed by atoms with Crippen molar-refractivity contribution in [2.45, 2.75) is 12.5 Å². The van der Waals surface area contributed by atoms with Crippen LogP contribution in [-0.2, 0) is 4.79 Å². The summed E-state index contributed by atoms with van der Waals surface area (Å²) in [5.41, 5.74) is 1.60. The minimum atomic E-state index is -0.274. The first-order valence-electron chi connectivity index (χ1n) is 7.40. The number of pyridine rings is 1. The number of nitrogens with zero attached hydrogens (tertiary/aromatic N) is 4. The number of furan rings is 1. The summed E-state index contributed by atoms with van der Waals surface area (Å²) in [5.74, 6) is 3.32. The van der Waals surface area contributed by atoms with Crippen LogP contribution < -0.4 is 0 Å². The molecule has 1 amide bonds. The van der Waals surface area contributed by atoms with Crippen LogP contribution in [0, 0.1) is 12.3 Å². The molecule has 1 unspecified atom stereocenters. The third-order valence-corrected chi connectivity index (χ3v) is 4.13. The number of hydrogen-bond donors (Lipinski definition) is 0. The van der Waals surface area contributed by atoms with Crippen molar-refractivity contribution in [3.63, 3.8) is 0 Å². The highest BCUT2D eigenvalue weighted by atomic mass is 16.3. The molecule has 0 saturated carbocycles. The third kappa shape index (κ3) is 2.18. The Bertz CT molecular complexity index is 904. The molecule has 1 aliphatic rings. The van der Waals surface area contributed by atoms with E-state index in [4.69, 9.17) is 10.8 Å². The van der Waals surface area contributed by atoms with E-state index >= 15 is 0 Å². The molecule has 1 fully saturated rings. The molecule has 1 aliphatic heterocycles. The van der Waals surface area contributed by atoms with E-state index in [1.165, 1.54) is 0 Å². The summed E-state index contributed by atoms with van der Waals surface area (Å²) >= 11 is 0. The fourth-order valence-corrected chi connectivity index (χ4v) is 3.08. The standard InChI is InChI=1S/C17H14N4O2/c1-2-15(22)20-9-7-12(11-20)21-16-13(5-3-8-18-16)19-17(21)14-6-4-10-23-14/h1,3-6,8,10,12H,7,9,11H2. The normalized spacial score (nSPS) is 17.5. The Hall–Kier alpha value is -3.07. The lowest BCUT2D eigenvalue weighted by atomic mass is 10.2. The zero-order chi connectivity index (χ0) is 15.8. The van der Waals surface area contributed by atoms with Crippen LogP contribution in [0.4, 0.5) is 0 Å². The Morgan fingerprint density at radius 2 is 2.30 bits per heavy atom. The van der Waals surface area contributed by atoms with Crippen molar-refractivity contribution in [3.8, 4) is 23.9 Å². The molecule has 23 heavy (non-hydrogen) atoms. The summed E-state index contributed by atoms with van der Waals surface area (Å²) in [6.45, 7) is 1.19. The van der Waals surface area contributed by atoms with E-state index in [1.54, 1.807) is 17.4 Å². The minimum absolute atomic E-state index is 0.0762. The largest absolute Gasteiger partial charge is 0.461 e. The van der Waals surface area contributed by atoms with Gasteiger partial charge in [-0.05, 0) is 36.6 Å². The number of carbonyl (C=O) groups is 1.